The van der Waals surface area contributed by atoms with Gasteiger partial charge < -0.3 is 9.57 Å². The molecule has 1 aromatic rings. The van der Waals surface area contributed by atoms with Crippen molar-refractivity contribution in [3.8, 4) is 5.75 Å². The Morgan fingerprint density at radius 2 is 1.81 bits per heavy atom. The van der Waals surface area contributed by atoms with Crippen molar-refractivity contribution >= 4 is 6.21 Å². The molecule has 0 unspecified atom stereocenters. The smallest absolute Gasteiger partial charge is 0.119 e. The van der Waals surface area contributed by atoms with Gasteiger partial charge in [-0.3, -0.25) is 0 Å². The van der Waals surface area contributed by atoms with Gasteiger partial charge in [0, 0.05) is 0 Å². The molecule has 0 atom stereocenters. The lowest BCUT2D eigenvalue weighted by Gasteiger charge is -2.18. The highest BCUT2D eigenvalue weighted by Crippen LogP contribution is 2.17. The predicted molar refractivity (Wildman–Crippen MR) is 66.0 cm³/mol. The molecule has 0 N–H and O–H groups in total. The van der Waals surface area contributed by atoms with E-state index in [4.69, 9.17) is 4.74 Å². The Kier molecular flexibility index (Phi) is 4.35. The van der Waals surface area contributed by atoms with Gasteiger partial charge in [0.15, 0.2) is 0 Å². The Morgan fingerprint density at radius 1 is 1.19 bits per heavy atom. The molecule has 0 heterocycles. The minimum atomic E-state index is 0.177. The highest BCUT2D eigenvalue weighted by atomic mass is 16.6. The first-order chi connectivity index (χ1) is 7.51. The Bertz CT molecular complexity index is 336. The number of ether oxygens (including phenoxy) is 1. The van der Waals surface area contributed by atoms with E-state index >= 15 is 0 Å². The lowest BCUT2D eigenvalue weighted by Crippen LogP contribution is -2.16. The van der Waals surface area contributed by atoms with Crippen molar-refractivity contribution in [1.82, 2.24) is 0 Å². The summed E-state index contributed by atoms with van der Waals surface area (Å²) in [5.74, 6) is 0.879. The molecule has 0 aliphatic heterocycles. The molecule has 0 radical (unpaired) electrons. The third-order valence-electron chi connectivity index (χ3n) is 1.86. The topological polar surface area (TPSA) is 30.8 Å². The molecule has 0 aliphatic rings. The second kappa shape index (κ2) is 5.54. The van der Waals surface area contributed by atoms with Crippen molar-refractivity contribution in [2.24, 2.45) is 10.6 Å². The largest absolute Gasteiger partial charge is 0.493 e. The zero-order chi connectivity index (χ0) is 12.0. The molecular weight excluding hydrogens is 202 g/mol. The zero-order valence-corrected chi connectivity index (χ0v) is 10.4. The molecule has 0 fully saturated rings. The normalized spacial score (nSPS) is 11.8. The zero-order valence-electron chi connectivity index (χ0n) is 10.4. The van der Waals surface area contributed by atoms with Crippen molar-refractivity contribution in [2.75, 3.05) is 13.7 Å². The van der Waals surface area contributed by atoms with Crippen LogP contribution < -0.4 is 4.74 Å². The first-order valence-corrected chi connectivity index (χ1v) is 5.31. The second-order valence-electron chi connectivity index (χ2n) is 4.84. The summed E-state index contributed by atoms with van der Waals surface area (Å²) in [6.45, 7) is 7.14. The number of hydrogen-bond donors (Lipinski definition) is 0. The highest BCUT2D eigenvalue weighted by Gasteiger charge is 2.10. The molecular formula is C13H19NO2. The fourth-order valence-corrected chi connectivity index (χ4v) is 1.06. The fraction of sp³-hybridized carbons (Fsp3) is 0.462. The Morgan fingerprint density at radius 3 is 2.31 bits per heavy atom. The van der Waals surface area contributed by atoms with Crippen LogP contribution in [0.25, 0.3) is 0 Å². The molecule has 0 spiro atoms. The maximum absolute atomic E-state index is 5.65. The summed E-state index contributed by atoms with van der Waals surface area (Å²) in [5, 5.41) is 3.69. The van der Waals surface area contributed by atoms with Gasteiger partial charge in [0.05, 0.1) is 12.8 Å². The minimum absolute atomic E-state index is 0.177. The summed E-state index contributed by atoms with van der Waals surface area (Å²) in [6, 6.07) is 7.76. The average molecular weight is 221 g/mol. The molecule has 0 saturated carbocycles. The van der Waals surface area contributed by atoms with Crippen molar-refractivity contribution in [1.29, 1.82) is 0 Å². The molecule has 3 heteroatoms. The lowest BCUT2D eigenvalue weighted by molar-refractivity contribution is 0.198. The summed E-state index contributed by atoms with van der Waals surface area (Å²) >= 11 is 0. The van der Waals surface area contributed by atoms with Crippen molar-refractivity contribution in [3.05, 3.63) is 29.8 Å². The molecule has 0 saturated heterocycles. The van der Waals surface area contributed by atoms with Gasteiger partial charge in [0.2, 0.25) is 0 Å². The number of oxime groups is 1. The van der Waals surface area contributed by atoms with E-state index in [1.807, 2.05) is 24.3 Å². The first-order valence-electron chi connectivity index (χ1n) is 5.31. The van der Waals surface area contributed by atoms with Crippen LogP contribution in [0.3, 0.4) is 0 Å². The summed E-state index contributed by atoms with van der Waals surface area (Å²) in [4.78, 5) is 4.61. The summed E-state index contributed by atoms with van der Waals surface area (Å²) in [6.07, 6.45) is 1.66. The number of benzene rings is 1. The van der Waals surface area contributed by atoms with Crippen LogP contribution in [0.2, 0.25) is 0 Å². The monoisotopic (exact) mass is 221 g/mol. The molecule has 0 aliphatic carbocycles. The summed E-state index contributed by atoms with van der Waals surface area (Å²) < 4.78 is 5.65. The van der Waals surface area contributed by atoms with Crippen LogP contribution in [0, 0.1) is 5.41 Å². The minimum Gasteiger partial charge on any atom is -0.493 e. The Balaban J connectivity index is 2.55. The van der Waals surface area contributed by atoms with Crippen molar-refractivity contribution in [3.63, 3.8) is 0 Å². The first kappa shape index (κ1) is 12.6. The van der Waals surface area contributed by atoms with Gasteiger partial charge in [-0.1, -0.05) is 25.9 Å². The molecule has 0 bridgehead atoms. The highest BCUT2D eigenvalue weighted by molar-refractivity contribution is 5.79. The van der Waals surface area contributed by atoms with Gasteiger partial charge >= 0.3 is 0 Å². The quantitative estimate of drug-likeness (QED) is 0.578. The molecule has 88 valence electrons. The number of hydrogen-bond acceptors (Lipinski definition) is 3. The maximum Gasteiger partial charge on any atom is 0.119 e. The van der Waals surface area contributed by atoms with Gasteiger partial charge in [0.25, 0.3) is 0 Å². The van der Waals surface area contributed by atoms with Crippen molar-refractivity contribution < 1.29 is 9.57 Å². The van der Waals surface area contributed by atoms with E-state index in [9.17, 15) is 0 Å². The van der Waals surface area contributed by atoms with Crippen LogP contribution in [0.5, 0.6) is 5.75 Å². The van der Waals surface area contributed by atoms with E-state index in [1.165, 1.54) is 7.11 Å². The number of nitrogens with zero attached hydrogens (tertiary/aromatic N) is 1. The SMILES string of the molecule is CO/N=C/c1ccc(OCC(C)(C)C)cc1. The standard InChI is InChI=1S/C13H19NO2/c1-13(2,3)10-16-12-7-5-11(6-8-12)9-14-15-4/h5-9H,10H2,1-4H3/b14-9+. The van der Waals surface area contributed by atoms with E-state index in [0.29, 0.717) is 6.61 Å². The third-order valence-corrected chi connectivity index (χ3v) is 1.86. The van der Waals surface area contributed by atoms with E-state index in [2.05, 4.69) is 30.8 Å². The van der Waals surface area contributed by atoms with E-state index < -0.39 is 0 Å². The van der Waals surface area contributed by atoms with Crippen LogP contribution in [-0.4, -0.2) is 19.9 Å². The van der Waals surface area contributed by atoms with E-state index in [0.717, 1.165) is 11.3 Å². The molecule has 1 aromatic carbocycles. The molecule has 0 amide bonds. The van der Waals surface area contributed by atoms with Gasteiger partial charge in [0.1, 0.15) is 12.9 Å². The lowest BCUT2D eigenvalue weighted by atomic mass is 9.99. The third kappa shape index (κ3) is 4.82. The second-order valence-corrected chi connectivity index (χ2v) is 4.84. The predicted octanol–water partition coefficient (Wildman–Crippen LogP) is 3.09. The molecule has 3 nitrogen and oxygen atoms in total. The number of rotatable bonds is 4. The Hall–Kier alpha value is -1.51. The van der Waals surface area contributed by atoms with Gasteiger partial charge in [-0.15, -0.1) is 0 Å². The summed E-state index contributed by atoms with van der Waals surface area (Å²) in [5.41, 5.74) is 1.17. The maximum atomic E-state index is 5.65. The van der Waals surface area contributed by atoms with Crippen LogP contribution in [0.4, 0.5) is 0 Å². The summed E-state index contributed by atoms with van der Waals surface area (Å²) in [7, 11) is 1.53. The molecule has 0 aromatic heterocycles. The van der Waals surface area contributed by atoms with Crippen LogP contribution in [0.15, 0.2) is 29.4 Å². The van der Waals surface area contributed by atoms with Crippen LogP contribution in [0.1, 0.15) is 26.3 Å². The fourth-order valence-electron chi connectivity index (χ4n) is 1.06. The van der Waals surface area contributed by atoms with E-state index in [1.54, 1.807) is 6.21 Å². The molecule has 1 rings (SSSR count). The molecule has 16 heavy (non-hydrogen) atoms. The van der Waals surface area contributed by atoms with Crippen molar-refractivity contribution in [2.45, 2.75) is 20.8 Å². The van der Waals surface area contributed by atoms with Crippen LogP contribution >= 0.6 is 0 Å². The van der Waals surface area contributed by atoms with Gasteiger partial charge in [-0.05, 0) is 35.2 Å². The van der Waals surface area contributed by atoms with Gasteiger partial charge in [-0.2, -0.15) is 0 Å². The van der Waals surface area contributed by atoms with E-state index in [-0.39, 0.29) is 5.41 Å². The average Bonchev–Trinajstić information content (AvgIpc) is 2.24. The Labute approximate surface area is 97.1 Å². The van der Waals surface area contributed by atoms with Gasteiger partial charge in [-0.25, -0.2) is 0 Å². The van der Waals surface area contributed by atoms with Crippen LogP contribution in [-0.2, 0) is 4.84 Å².